The van der Waals surface area contributed by atoms with Crippen LogP contribution in [0.5, 0.6) is 0 Å². The molecule has 4 nitrogen and oxygen atoms in total. The van der Waals surface area contributed by atoms with Gasteiger partial charge >= 0.3 is 0 Å². The Morgan fingerprint density at radius 2 is 2.06 bits per heavy atom. The number of aromatic amines is 1. The number of hydrogen-bond donors (Lipinski definition) is 1. The van der Waals surface area contributed by atoms with E-state index in [1.165, 1.54) is 0 Å². The topological polar surface area (TPSA) is 41.0 Å². The summed E-state index contributed by atoms with van der Waals surface area (Å²) < 4.78 is 2.13. The van der Waals surface area contributed by atoms with Crippen molar-refractivity contribution < 1.29 is 0 Å². The maximum absolute atomic E-state index is 12.4. The second-order valence-electron chi connectivity index (χ2n) is 4.76. The maximum atomic E-state index is 12.4. The highest BCUT2D eigenvalue weighted by atomic mass is 32.1. The van der Waals surface area contributed by atoms with E-state index in [4.69, 9.17) is 12.2 Å². The zero-order valence-electron chi connectivity index (χ0n) is 10.8. The van der Waals surface area contributed by atoms with Crippen molar-refractivity contribution in [2.75, 3.05) is 20.6 Å². The molecule has 0 spiro atoms. The molecule has 0 aliphatic carbocycles. The third-order valence-corrected chi connectivity index (χ3v) is 3.21. The first-order chi connectivity index (χ1) is 8.50. The van der Waals surface area contributed by atoms with Crippen LogP contribution in [0.2, 0.25) is 0 Å². The molecule has 0 fully saturated rings. The van der Waals surface area contributed by atoms with Crippen LogP contribution in [0.1, 0.15) is 13.0 Å². The Hall–Kier alpha value is -1.46. The number of fused-ring (bicyclic) bond motifs is 1. The molecule has 0 aliphatic rings. The third kappa shape index (κ3) is 2.37. The van der Waals surface area contributed by atoms with Gasteiger partial charge in [-0.25, -0.2) is 0 Å². The summed E-state index contributed by atoms with van der Waals surface area (Å²) in [5.41, 5.74) is 0.768. The van der Waals surface area contributed by atoms with Crippen LogP contribution >= 0.6 is 12.2 Å². The van der Waals surface area contributed by atoms with E-state index in [2.05, 4.69) is 4.98 Å². The largest absolute Gasteiger partial charge is 0.332 e. The van der Waals surface area contributed by atoms with Crippen molar-refractivity contribution in [3.63, 3.8) is 0 Å². The van der Waals surface area contributed by atoms with Crippen LogP contribution in [-0.2, 0) is 0 Å². The van der Waals surface area contributed by atoms with Crippen molar-refractivity contribution in [1.82, 2.24) is 14.5 Å². The van der Waals surface area contributed by atoms with Crippen molar-refractivity contribution in [3.05, 3.63) is 39.4 Å². The predicted molar refractivity (Wildman–Crippen MR) is 76.7 cm³/mol. The van der Waals surface area contributed by atoms with E-state index >= 15 is 0 Å². The van der Waals surface area contributed by atoms with Crippen LogP contribution in [0.4, 0.5) is 0 Å². The Kier molecular flexibility index (Phi) is 3.63. The van der Waals surface area contributed by atoms with Gasteiger partial charge in [-0.15, -0.1) is 0 Å². The molecule has 2 rings (SSSR count). The predicted octanol–water partition coefficient (Wildman–Crippen LogP) is 2.18. The van der Waals surface area contributed by atoms with E-state index in [1.54, 1.807) is 4.57 Å². The standard InChI is InChI=1S/C13H17N3OS/c1-9(8-15(2)3)16-12(17)10-6-4-5-7-11(10)14-13(16)18/h4-7,9H,8H2,1-3H3,(H,14,18). The Morgan fingerprint density at radius 3 is 2.72 bits per heavy atom. The SMILES string of the molecule is CC(CN(C)C)n1c(=S)[nH]c2ccccc2c1=O. The fraction of sp³-hybridized carbons (Fsp3) is 0.385. The first-order valence-electron chi connectivity index (χ1n) is 5.89. The fourth-order valence-electron chi connectivity index (χ4n) is 2.19. The molecular formula is C13H17N3OS. The molecule has 1 aromatic carbocycles. The molecule has 2 aromatic rings. The normalized spacial score (nSPS) is 13.1. The van der Waals surface area contributed by atoms with Crippen LogP contribution < -0.4 is 5.56 Å². The molecule has 0 aliphatic heterocycles. The van der Waals surface area contributed by atoms with Gasteiger partial charge in [-0.3, -0.25) is 9.36 Å². The van der Waals surface area contributed by atoms with E-state index in [0.29, 0.717) is 10.2 Å². The number of hydrogen-bond acceptors (Lipinski definition) is 3. The molecule has 0 saturated heterocycles. The second kappa shape index (κ2) is 5.04. The number of para-hydroxylation sites is 1. The first-order valence-corrected chi connectivity index (χ1v) is 6.30. The van der Waals surface area contributed by atoms with E-state index in [0.717, 1.165) is 12.1 Å². The number of H-pyrrole nitrogens is 1. The minimum atomic E-state index is -0.0244. The van der Waals surface area contributed by atoms with Gasteiger partial charge in [0.2, 0.25) is 0 Å². The van der Waals surface area contributed by atoms with Crippen molar-refractivity contribution >= 4 is 23.1 Å². The number of benzene rings is 1. The quantitative estimate of drug-likeness (QED) is 0.863. The number of likely N-dealkylation sites (N-methyl/N-ethyl adjacent to an activating group) is 1. The summed E-state index contributed by atoms with van der Waals surface area (Å²) in [6.07, 6.45) is 0. The van der Waals surface area contributed by atoms with Crippen molar-refractivity contribution in [3.8, 4) is 0 Å². The smallest absolute Gasteiger partial charge is 0.262 e. The van der Waals surface area contributed by atoms with E-state index in [1.807, 2.05) is 50.2 Å². The molecule has 0 radical (unpaired) electrons. The molecule has 0 saturated carbocycles. The summed E-state index contributed by atoms with van der Waals surface area (Å²) in [4.78, 5) is 17.6. The maximum Gasteiger partial charge on any atom is 0.262 e. The molecule has 18 heavy (non-hydrogen) atoms. The van der Waals surface area contributed by atoms with Gasteiger partial charge in [-0.05, 0) is 45.4 Å². The fourth-order valence-corrected chi connectivity index (χ4v) is 2.56. The Labute approximate surface area is 111 Å². The molecule has 1 N–H and O–H groups in total. The molecule has 1 unspecified atom stereocenters. The molecule has 0 amide bonds. The van der Waals surface area contributed by atoms with Gasteiger partial charge in [0.05, 0.1) is 10.9 Å². The number of nitrogens with zero attached hydrogens (tertiary/aromatic N) is 2. The van der Waals surface area contributed by atoms with Gasteiger partial charge < -0.3 is 9.88 Å². The monoisotopic (exact) mass is 263 g/mol. The Morgan fingerprint density at radius 1 is 1.39 bits per heavy atom. The average Bonchev–Trinajstić information content (AvgIpc) is 2.27. The van der Waals surface area contributed by atoms with Gasteiger partial charge in [0.25, 0.3) is 5.56 Å². The zero-order chi connectivity index (χ0) is 13.3. The van der Waals surface area contributed by atoms with Crippen LogP contribution in [0, 0.1) is 4.77 Å². The summed E-state index contributed by atoms with van der Waals surface area (Å²) in [5.74, 6) is 0. The summed E-state index contributed by atoms with van der Waals surface area (Å²) in [6.45, 7) is 2.77. The lowest BCUT2D eigenvalue weighted by atomic mass is 10.2. The summed E-state index contributed by atoms with van der Waals surface area (Å²) in [7, 11) is 3.96. The zero-order valence-corrected chi connectivity index (χ0v) is 11.6. The van der Waals surface area contributed by atoms with Gasteiger partial charge in [-0.2, -0.15) is 0 Å². The lowest BCUT2D eigenvalue weighted by Crippen LogP contribution is -2.31. The van der Waals surface area contributed by atoms with Crippen LogP contribution in [-0.4, -0.2) is 35.1 Å². The number of nitrogens with one attached hydrogen (secondary N) is 1. The Balaban J connectivity index is 2.65. The molecule has 1 heterocycles. The molecule has 1 atom stereocenters. The van der Waals surface area contributed by atoms with Crippen LogP contribution in [0.25, 0.3) is 10.9 Å². The van der Waals surface area contributed by atoms with E-state index in [9.17, 15) is 4.79 Å². The van der Waals surface area contributed by atoms with E-state index < -0.39 is 0 Å². The highest BCUT2D eigenvalue weighted by Gasteiger charge is 2.12. The van der Waals surface area contributed by atoms with Crippen molar-refractivity contribution in [2.45, 2.75) is 13.0 Å². The van der Waals surface area contributed by atoms with Crippen molar-refractivity contribution in [2.24, 2.45) is 0 Å². The van der Waals surface area contributed by atoms with Gasteiger partial charge in [0, 0.05) is 12.6 Å². The molecular weight excluding hydrogens is 246 g/mol. The molecule has 5 heteroatoms. The molecule has 96 valence electrons. The highest BCUT2D eigenvalue weighted by molar-refractivity contribution is 7.71. The lowest BCUT2D eigenvalue weighted by Gasteiger charge is -2.19. The Bertz CT molecular complexity index is 672. The summed E-state index contributed by atoms with van der Waals surface area (Å²) >= 11 is 5.28. The molecule has 0 bridgehead atoms. The van der Waals surface area contributed by atoms with Gasteiger partial charge in [0.1, 0.15) is 0 Å². The first kappa shape index (κ1) is 13.0. The molecule has 1 aromatic heterocycles. The van der Waals surface area contributed by atoms with Gasteiger partial charge in [0.15, 0.2) is 4.77 Å². The second-order valence-corrected chi connectivity index (χ2v) is 5.15. The van der Waals surface area contributed by atoms with Crippen LogP contribution in [0.15, 0.2) is 29.1 Å². The van der Waals surface area contributed by atoms with Crippen LogP contribution in [0.3, 0.4) is 0 Å². The van der Waals surface area contributed by atoms with E-state index in [-0.39, 0.29) is 11.6 Å². The minimum absolute atomic E-state index is 0.0244. The summed E-state index contributed by atoms with van der Waals surface area (Å²) in [6, 6.07) is 7.48. The highest BCUT2D eigenvalue weighted by Crippen LogP contribution is 2.10. The third-order valence-electron chi connectivity index (χ3n) is 2.91. The number of aromatic nitrogens is 2. The van der Waals surface area contributed by atoms with Crippen molar-refractivity contribution in [1.29, 1.82) is 0 Å². The summed E-state index contributed by atoms with van der Waals surface area (Å²) in [5, 5.41) is 0.678. The minimum Gasteiger partial charge on any atom is -0.332 e. The van der Waals surface area contributed by atoms with Gasteiger partial charge in [-0.1, -0.05) is 12.1 Å². The average molecular weight is 263 g/mol. The number of rotatable bonds is 3. The lowest BCUT2D eigenvalue weighted by molar-refractivity contribution is 0.330.